The van der Waals surface area contributed by atoms with E-state index in [2.05, 4.69) is 19.2 Å². The average molecular weight is 315 g/mol. The maximum absolute atomic E-state index is 12.3. The van der Waals surface area contributed by atoms with Gasteiger partial charge in [0.1, 0.15) is 0 Å². The van der Waals surface area contributed by atoms with Crippen LogP contribution in [0.4, 0.5) is 5.69 Å². The Labute approximate surface area is 135 Å². The number of furan rings is 1. The minimum atomic E-state index is -0.919. The van der Waals surface area contributed by atoms with Crippen molar-refractivity contribution in [2.24, 2.45) is 0 Å². The molecule has 2 rings (SSSR count). The molecule has 0 unspecified atom stereocenters. The first-order chi connectivity index (χ1) is 11.0. The molecule has 0 saturated heterocycles. The first kappa shape index (κ1) is 16.8. The van der Waals surface area contributed by atoms with Gasteiger partial charge in [-0.3, -0.25) is 4.79 Å². The molecule has 1 heterocycles. The van der Waals surface area contributed by atoms with E-state index in [1.807, 2.05) is 24.3 Å². The van der Waals surface area contributed by atoms with E-state index >= 15 is 0 Å². The molecule has 0 saturated carbocycles. The Morgan fingerprint density at radius 3 is 2.57 bits per heavy atom. The number of carbonyl (C=O) groups excluding carboxylic acids is 2. The molecule has 0 aliphatic carbocycles. The van der Waals surface area contributed by atoms with Gasteiger partial charge in [0.25, 0.3) is 5.91 Å². The molecule has 5 heteroatoms. The van der Waals surface area contributed by atoms with Crippen molar-refractivity contribution in [3.63, 3.8) is 0 Å². The molecule has 122 valence electrons. The Bertz CT molecular complexity index is 663. The zero-order chi connectivity index (χ0) is 16.8. The summed E-state index contributed by atoms with van der Waals surface area (Å²) in [7, 11) is 0. The van der Waals surface area contributed by atoms with E-state index in [0.717, 1.165) is 17.7 Å². The first-order valence-electron chi connectivity index (χ1n) is 7.67. The fourth-order valence-electron chi connectivity index (χ4n) is 2.16. The van der Waals surface area contributed by atoms with Gasteiger partial charge in [0.2, 0.25) is 5.76 Å². The van der Waals surface area contributed by atoms with Gasteiger partial charge in [0.15, 0.2) is 6.10 Å². The number of amides is 1. The normalized spacial score (nSPS) is 13.2. The van der Waals surface area contributed by atoms with E-state index < -0.39 is 12.1 Å². The van der Waals surface area contributed by atoms with Gasteiger partial charge in [-0.15, -0.1) is 0 Å². The molecule has 1 N–H and O–H groups in total. The summed E-state index contributed by atoms with van der Waals surface area (Å²) in [6.07, 6.45) is 1.43. The number of rotatable bonds is 6. The molecule has 1 amide bonds. The second kappa shape index (κ2) is 7.63. The lowest BCUT2D eigenvalue weighted by atomic mass is 9.97. The number of hydrogen-bond donors (Lipinski definition) is 1. The predicted octanol–water partition coefficient (Wildman–Crippen LogP) is 3.98. The van der Waals surface area contributed by atoms with Gasteiger partial charge in [-0.05, 0) is 43.0 Å². The van der Waals surface area contributed by atoms with Crippen LogP contribution in [-0.2, 0) is 9.53 Å². The van der Waals surface area contributed by atoms with Gasteiger partial charge >= 0.3 is 5.97 Å². The van der Waals surface area contributed by atoms with Crippen molar-refractivity contribution in [3.05, 3.63) is 54.0 Å². The maximum Gasteiger partial charge on any atom is 0.374 e. The molecular formula is C18H21NO4. The molecular weight excluding hydrogens is 294 g/mol. The third-order valence-corrected chi connectivity index (χ3v) is 3.74. The Morgan fingerprint density at radius 2 is 1.91 bits per heavy atom. The van der Waals surface area contributed by atoms with Crippen LogP contribution in [0.2, 0.25) is 0 Å². The third kappa shape index (κ3) is 4.22. The summed E-state index contributed by atoms with van der Waals surface area (Å²) in [6, 6.07) is 10.7. The number of benzene rings is 1. The summed E-state index contributed by atoms with van der Waals surface area (Å²) in [5.74, 6) is -0.634. The number of hydrogen-bond acceptors (Lipinski definition) is 4. The van der Waals surface area contributed by atoms with Crippen molar-refractivity contribution in [1.82, 2.24) is 0 Å². The lowest BCUT2D eigenvalue weighted by Crippen LogP contribution is -2.30. The van der Waals surface area contributed by atoms with Gasteiger partial charge in [-0.25, -0.2) is 4.79 Å². The second-order valence-electron chi connectivity index (χ2n) is 5.41. The zero-order valence-corrected chi connectivity index (χ0v) is 13.5. The van der Waals surface area contributed by atoms with Crippen molar-refractivity contribution in [3.8, 4) is 0 Å². The molecule has 5 nitrogen and oxygen atoms in total. The fourth-order valence-corrected chi connectivity index (χ4v) is 2.16. The highest BCUT2D eigenvalue weighted by molar-refractivity contribution is 5.97. The zero-order valence-electron chi connectivity index (χ0n) is 13.5. The number of esters is 1. The van der Waals surface area contributed by atoms with Crippen molar-refractivity contribution < 1.29 is 18.7 Å². The monoisotopic (exact) mass is 315 g/mol. The van der Waals surface area contributed by atoms with Crippen molar-refractivity contribution in [1.29, 1.82) is 0 Å². The molecule has 0 fully saturated rings. The molecule has 0 bridgehead atoms. The highest BCUT2D eigenvalue weighted by Crippen LogP contribution is 2.26. The Kier molecular flexibility index (Phi) is 5.57. The van der Waals surface area contributed by atoms with Crippen LogP contribution in [0.15, 0.2) is 47.1 Å². The summed E-state index contributed by atoms with van der Waals surface area (Å²) < 4.78 is 10.1. The lowest BCUT2D eigenvalue weighted by molar-refractivity contribution is -0.123. The van der Waals surface area contributed by atoms with Gasteiger partial charge in [0.05, 0.1) is 6.26 Å². The van der Waals surface area contributed by atoms with E-state index in [1.165, 1.54) is 19.3 Å². The van der Waals surface area contributed by atoms with Crippen LogP contribution < -0.4 is 5.32 Å². The summed E-state index contributed by atoms with van der Waals surface area (Å²) in [5.41, 5.74) is 1.81. The number of nitrogens with one attached hydrogen (secondary N) is 1. The smallest absolute Gasteiger partial charge is 0.374 e. The quantitative estimate of drug-likeness (QED) is 0.819. The summed E-state index contributed by atoms with van der Waals surface area (Å²) in [4.78, 5) is 24.1. The number of ether oxygens (including phenoxy) is 1. The second-order valence-corrected chi connectivity index (χ2v) is 5.41. The fraction of sp³-hybridized carbons (Fsp3) is 0.333. The largest absolute Gasteiger partial charge is 0.457 e. The SMILES string of the molecule is CC[C@H](C)c1ccccc1NC(=O)[C@@H](C)OC(=O)c1ccco1. The van der Waals surface area contributed by atoms with Crippen LogP contribution in [0.3, 0.4) is 0 Å². The van der Waals surface area contributed by atoms with Crippen molar-refractivity contribution in [2.75, 3.05) is 5.32 Å². The van der Waals surface area contributed by atoms with Gasteiger partial charge in [-0.2, -0.15) is 0 Å². The van der Waals surface area contributed by atoms with Gasteiger partial charge in [-0.1, -0.05) is 32.0 Å². The maximum atomic E-state index is 12.3. The molecule has 2 aromatic rings. The Morgan fingerprint density at radius 1 is 1.17 bits per heavy atom. The van der Waals surface area contributed by atoms with Gasteiger partial charge < -0.3 is 14.5 Å². The van der Waals surface area contributed by atoms with Crippen molar-refractivity contribution >= 4 is 17.6 Å². The van der Waals surface area contributed by atoms with E-state index in [9.17, 15) is 9.59 Å². The summed E-state index contributed by atoms with van der Waals surface area (Å²) in [5, 5.41) is 2.83. The molecule has 1 aromatic carbocycles. The molecule has 0 spiro atoms. The molecule has 23 heavy (non-hydrogen) atoms. The minimum absolute atomic E-state index is 0.0738. The van der Waals surface area contributed by atoms with Crippen LogP contribution >= 0.6 is 0 Å². The van der Waals surface area contributed by atoms with E-state index in [0.29, 0.717) is 5.92 Å². The molecule has 0 radical (unpaired) electrons. The number of para-hydroxylation sites is 1. The van der Waals surface area contributed by atoms with E-state index in [1.54, 1.807) is 6.07 Å². The molecule has 0 aliphatic rings. The van der Waals surface area contributed by atoms with Crippen LogP contribution in [0.1, 0.15) is 49.2 Å². The molecule has 1 aromatic heterocycles. The number of anilines is 1. The van der Waals surface area contributed by atoms with Crippen LogP contribution in [0.25, 0.3) is 0 Å². The Hall–Kier alpha value is -2.56. The molecule has 0 aliphatic heterocycles. The van der Waals surface area contributed by atoms with Crippen molar-refractivity contribution in [2.45, 2.75) is 39.2 Å². The van der Waals surface area contributed by atoms with Crippen LogP contribution in [0, 0.1) is 0 Å². The van der Waals surface area contributed by atoms with E-state index in [-0.39, 0.29) is 11.7 Å². The average Bonchev–Trinajstić information content (AvgIpc) is 3.09. The minimum Gasteiger partial charge on any atom is -0.457 e. The lowest BCUT2D eigenvalue weighted by Gasteiger charge is -2.17. The summed E-state index contributed by atoms with van der Waals surface area (Å²) >= 11 is 0. The standard InChI is InChI=1S/C18H21NO4/c1-4-12(2)14-8-5-6-9-15(14)19-17(20)13(3)23-18(21)16-10-7-11-22-16/h5-13H,4H2,1-3H3,(H,19,20)/t12-,13+/m0/s1. The molecule has 2 atom stereocenters. The first-order valence-corrected chi connectivity index (χ1v) is 7.67. The third-order valence-electron chi connectivity index (χ3n) is 3.74. The van der Waals surface area contributed by atoms with Crippen LogP contribution in [-0.4, -0.2) is 18.0 Å². The van der Waals surface area contributed by atoms with E-state index in [4.69, 9.17) is 9.15 Å². The topological polar surface area (TPSA) is 68.5 Å². The highest BCUT2D eigenvalue weighted by Gasteiger charge is 2.21. The summed E-state index contributed by atoms with van der Waals surface area (Å²) in [6.45, 7) is 5.73. The Balaban J connectivity index is 2.03. The van der Waals surface area contributed by atoms with Crippen LogP contribution in [0.5, 0.6) is 0 Å². The van der Waals surface area contributed by atoms with Gasteiger partial charge in [0, 0.05) is 5.69 Å². The predicted molar refractivity (Wildman–Crippen MR) is 87.4 cm³/mol. The number of carbonyl (C=O) groups is 2. The highest BCUT2D eigenvalue weighted by atomic mass is 16.6.